The first-order valence-corrected chi connectivity index (χ1v) is 19.9. The number of ether oxygens (including phenoxy) is 7. The second-order valence-corrected chi connectivity index (χ2v) is 15.5. The van der Waals surface area contributed by atoms with E-state index < -0.39 is 0 Å². The summed E-state index contributed by atoms with van der Waals surface area (Å²) < 4.78 is 35.3. The van der Waals surface area contributed by atoms with Crippen molar-refractivity contribution in [2.45, 2.75) is 164 Å². The topological polar surface area (TPSA) is 64.6 Å². The summed E-state index contributed by atoms with van der Waals surface area (Å²) in [6, 6.07) is 0. The fraction of sp³-hybridized carbons (Fsp3) is 1.00. The first kappa shape index (κ1) is 53.1. The van der Waals surface area contributed by atoms with Gasteiger partial charge in [0, 0.05) is 76.2 Å². The molecule has 0 heterocycles. The summed E-state index contributed by atoms with van der Waals surface area (Å²) in [5.74, 6) is 4.86. The minimum Gasteiger partial charge on any atom is -0.385 e. The molecule has 7 nitrogen and oxygen atoms in total. The van der Waals surface area contributed by atoms with Crippen LogP contribution in [-0.4, -0.2) is 94.5 Å². The van der Waals surface area contributed by atoms with Gasteiger partial charge in [-0.15, -0.1) is 0 Å². The van der Waals surface area contributed by atoms with Crippen molar-refractivity contribution < 1.29 is 33.2 Å². The SMILES string of the molecule is CCC(C)COC.COC1CCC(C)C1.COC1CCC(C)CC1.COC1CCCC(C)C1.COCCC(C)C.COCCC(C)COC. The third-order valence-electron chi connectivity index (χ3n) is 9.81. The average molecular weight is 707 g/mol. The molecule has 0 bridgehead atoms. The molecule has 6 atom stereocenters. The molecule has 3 aliphatic rings. The molecule has 3 fully saturated rings. The molecule has 0 aromatic carbocycles. The Kier molecular flexibility index (Phi) is 42.2. The summed E-state index contributed by atoms with van der Waals surface area (Å²) in [5, 5.41) is 0. The molecule has 0 spiro atoms. The van der Waals surface area contributed by atoms with Crippen LogP contribution in [0, 0.1) is 35.5 Å². The molecule has 3 saturated carbocycles. The third kappa shape index (κ3) is 38.8. The van der Waals surface area contributed by atoms with E-state index in [-0.39, 0.29) is 0 Å². The van der Waals surface area contributed by atoms with Crippen LogP contribution in [0.1, 0.15) is 145 Å². The van der Waals surface area contributed by atoms with Crippen LogP contribution in [0.25, 0.3) is 0 Å². The van der Waals surface area contributed by atoms with E-state index >= 15 is 0 Å². The lowest BCUT2D eigenvalue weighted by atomic mass is 9.89. The van der Waals surface area contributed by atoms with Gasteiger partial charge in [0.1, 0.15) is 0 Å². The Morgan fingerprint density at radius 1 is 0.469 bits per heavy atom. The zero-order chi connectivity index (χ0) is 37.9. The number of hydrogen-bond acceptors (Lipinski definition) is 7. The van der Waals surface area contributed by atoms with Crippen LogP contribution in [0.15, 0.2) is 0 Å². The molecule has 3 aliphatic carbocycles. The Bertz CT molecular complexity index is 610. The summed E-state index contributed by atoms with van der Waals surface area (Å²) in [4.78, 5) is 0. The Hall–Kier alpha value is -0.280. The van der Waals surface area contributed by atoms with Gasteiger partial charge in [-0.1, -0.05) is 74.7 Å². The van der Waals surface area contributed by atoms with Crippen LogP contribution in [0.2, 0.25) is 0 Å². The zero-order valence-electron chi connectivity index (χ0n) is 35.8. The number of hydrogen-bond donors (Lipinski definition) is 0. The highest BCUT2D eigenvalue weighted by atomic mass is 16.5. The van der Waals surface area contributed by atoms with Gasteiger partial charge in [0.15, 0.2) is 0 Å². The van der Waals surface area contributed by atoms with Crippen molar-refractivity contribution >= 4 is 0 Å². The molecule has 0 aromatic heterocycles. The molecule has 0 radical (unpaired) electrons. The second-order valence-electron chi connectivity index (χ2n) is 15.5. The van der Waals surface area contributed by atoms with Crippen LogP contribution in [0.4, 0.5) is 0 Å². The lowest BCUT2D eigenvalue weighted by Gasteiger charge is -2.25. The molecule has 0 amide bonds. The quantitative estimate of drug-likeness (QED) is 0.178. The van der Waals surface area contributed by atoms with Crippen molar-refractivity contribution in [3.8, 4) is 0 Å². The predicted octanol–water partition coefficient (Wildman–Crippen LogP) is 10.9. The van der Waals surface area contributed by atoms with Crippen molar-refractivity contribution in [1.29, 1.82) is 0 Å². The van der Waals surface area contributed by atoms with Gasteiger partial charge in [0.05, 0.1) is 18.3 Å². The smallest absolute Gasteiger partial charge is 0.0574 e. The van der Waals surface area contributed by atoms with Crippen molar-refractivity contribution in [1.82, 2.24) is 0 Å². The summed E-state index contributed by atoms with van der Waals surface area (Å²) in [6.07, 6.45) is 19.7. The number of rotatable bonds is 14. The molecule has 300 valence electrons. The lowest BCUT2D eigenvalue weighted by Crippen LogP contribution is -2.19. The van der Waals surface area contributed by atoms with E-state index in [0.29, 0.717) is 24.2 Å². The average Bonchev–Trinajstić information content (AvgIpc) is 3.53. The molecular weight excluding hydrogens is 616 g/mol. The van der Waals surface area contributed by atoms with E-state index in [4.69, 9.17) is 33.2 Å². The molecule has 49 heavy (non-hydrogen) atoms. The van der Waals surface area contributed by atoms with Gasteiger partial charge in [0.25, 0.3) is 0 Å². The highest BCUT2D eigenvalue weighted by Gasteiger charge is 2.20. The van der Waals surface area contributed by atoms with Gasteiger partial charge in [-0.25, -0.2) is 0 Å². The molecule has 0 N–H and O–H groups in total. The second kappa shape index (κ2) is 38.9. The third-order valence-corrected chi connectivity index (χ3v) is 9.81. The monoisotopic (exact) mass is 707 g/mol. The summed E-state index contributed by atoms with van der Waals surface area (Å²) in [6.45, 7) is 21.3. The van der Waals surface area contributed by atoms with Crippen LogP contribution >= 0.6 is 0 Å². The Morgan fingerprint density at radius 3 is 1.22 bits per heavy atom. The maximum Gasteiger partial charge on any atom is 0.0574 e. The van der Waals surface area contributed by atoms with Gasteiger partial charge in [-0.3, -0.25) is 0 Å². The molecule has 0 aromatic rings. The highest BCUT2D eigenvalue weighted by molar-refractivity contribution is 4.72. The minimum absolute atomic E-state index is 0.564. The predicted molar refractivity (Wildman–Crippen MR) is 211 cm³/mol. The summed E-state index contributed by atoms with van der Waals surface area (Å²) in [5.41, 5.74) is 0. The molecule has 6 unspecified atom stereocenters. The molecule has 3 rings (SSSR count). The van der Waals surface area contributed by atoms with Crippen LogP contribution in [-0.2, 0) is 33.2 Å². The van der Waals surface area contributed by atoms with E-state index in [1.807, 2.05) is 21.3 Å². The van der Waals surface area contributed by atoms with E-state index in [1.54, 1.807) is 28.4 Å². The fourth-order valence-corrected chi connectivity index (χ4v) is 5.87. The van der Waals surface area contributed by atoms with E-state index in [9.17, 15) is 0 Å². The maximum absolute atomic E-state index is 5.26. The highest BCUT2D eigenvalue weighted by Crippen LogP contribution is 2.27. The maximum atomic E-state index is 5.26. The zero-order valence-corrected chi connectivity index (χ0v) is 35.8. The van der Waals surface area contributed by atoms with Crippen molar-refractivity contribution in [2.75, 3.05) is 76.2 Å². The molecule has 7 heteroatoms. The van der Waals surface area contributed by atoms with Gasteiger partial charge in [-0.2, -0.15) is 0 Å². The minimum atomic E-state index is 0.564. The molecule has 0 saturated heterocycles. The molecule has 0 aliphatic heterocycles. The normalized spacial score (nSPS) is 25.7. The van der Waals surface area contributed by atoms with Gasteiger partial charge < -0.3 is 33.2 Å². The van der Waals surface area contributed by atoms with Crippen molar-refractivity contribution in [3.63, 3.8) is 0 Å². The van der Waals surface area contributed by atoms with Gasteiger partial charge in [0.2, 0.25) is 0 Å². The first-order chi connectivity index (χ1) is 23.4. The van der Waals surface area contributed by atoms with E-state index in [1.165, 1.54) is 83.5 Å². The summed E-state index contributed by atoms with van der Waals surface area (Å²) >= 11 is 0. The Labute approximate surface area is 308 Å². The van der Waals surface area contributed by atoms with Crippen LogP contribution in [0.5, 0.6) is 0 Å². The Balaban J connectivity index is -0.000000520. The van der Waals surface area contributed by atoms with E-state index in [2.05, 4.69) is 55.4 Å². The molecular formula is C42H90O7. The van der Waals surface area contributed by atoms with Crippen molar-refractivity contribution in [3.05, 3.63) is 0 Å². The van der Waals surface area contributed by atoms with E-state index in [0.717, 1.165) is 62.4 Å². The number of methoxy groups -OCH3 is 7. The van der Waals surface area contributed by atoms with Crippen LogP contribution < -0.4 is 0 Å². The van der Waals surface area contributed by atoms with Gasteiger partial charge in [-0.05, 0) is 106 Å². The lowest BCUT2D eigenvalue weighted by molar-refractivity contribution is 0.0542. The Morgan fingerprint density at radius 2 is 0.898 bits per heavy atom. The largest absolute Gasteiger partial charge is 0.385 e. The van der Waals surface area contributed by atoms with Crippen LogP contribution in [0.3, 0.4) is 0 Å². The fourth-order valence-electron chi connectivity index (χ4n) is 5.87. The van der Waals surface area contributed by atoms with Crippen molar-refractivity contribution in [2.24, 2.45) is 35.5 Å². The first-order valence-electron chi connectivity index (χ1n) is 19.9. The standard InChI is InChI=1S/2C8H16O.C7H16O2.C7H14O.2C6H14O/c1-7-3-5-8(9-2)6-4-7;1-7-4-3-5-8(6-7)9-2;1-7(6-9-3)4-5-8-2;1-6-3-4-7(5-6)8-2;1-6(2)4-5-7-3;1-4-6(2)5-7-3/h2*7-8H,3-6H2,1-2H3;7H,4-6H2,1-3H3;6-7H,3-5H2,1-2H3;2*6H,4-5H2,1-3H3. The summed E-state index contributed by atoms with van der Waals surface area (Å²) in [7, 11) is 12.4. The van der Waals surface area contributed by atoms with Gasteiger partial charge >= 0.3 is 0 Å².